The molecule has 0 radical (unpaired) electrons. The van der Waals surface area contributed by atoms with Gasteiger partial charge in [0.25, 0.3) is 0 Å². The highest BCUT2D eigenvalue weighted by Crippen LogP contribution is 2.24. The van der Waals surface area contributed by atoms with E-state index in [4.69, 9.17) is 4.74 Å². The molecule has 1 aromatic heterocycles. The van der Waals surface area contributed by atoms with Crippen molar-refractivity contribution in [3.8, 4) is 5.88 Å². The van der Waals surface area contributed by atoms with Gasteiger partial charge in [0.15, 0.2) is 0 Å². The molecule has 4 nitrogen and oxygen atoms in total. The first kappa shape index (κ1) is 16.7. The van der Waals surface area contributed by atoms with E-state index < -0.39 is 0 Å². The van der Waals surface area contributed by atoms with Crippen LogP contribution in [0.3, 0.4) is 0 Å². The van der Waals surface area contributed by atoms with E-state index in [0.29, 0.717) is 5.92 Å². The molecule has 0 bridgehead atoms. The first-order valence-corrected chi connectivity index (χ1v) is 7.75. The topological polar surface area (TPSA) is 47.0 Å². The zero-order valence-electron chi connectivity index (χ0n) is 13.8. The summed E-state index contributed by atoms with van der Waals surface area (Å²) in [7, 11) is 0. The van der Waals surface area contributed by atoms with Gasteiger partial charge >= 0.3 is 0 Å². The summed E-state index contributed by atoms with van der Waals surface area (Å²) in [5.74, 6) is 3.09. The maximum absolute atomic E-state index is 6.03. The summed E-state index contributed by atoms with van der Waals surface area (Å²) in [5, 5.41) is 3.36. The molecule has 1 rings (SSSR count). The number of hydrogen-bond donors (Lipinski definition) is 1. The summed E-state index contributed by atoms with van der Waals surface area (Å²) >= 11 is 0. The van der Waals surface area contributed by atoms with E-state index in [1.165, 1.54) is 0 Å². The van der Waals surface area contributed by atoms with Gasteiger partial charge in [0.2, 0.25) is 5.88 Å². The summed E-state index contributed by atoms with van der Waals surface area (Å²) < 4.78 is 6.03. The number of rotatable bonds is 8. The van der Waals surface area contributed by atoms with Crippen molar-refractivity contribution in [2.24, 2.45) is 5.92 Å². The standard InChI is InChI=1S/C16H29N3O/c1-7-9-17-15-13(6)16(19-14(8-2)18-15)20-12(5)10-11(3)4/h11-12H,7-10H2,1-6H3,(H,17,18,19). The predicted octanol–water partition coefficient (Wildman–Crippen LogP) is 3.98. The van der Waals surface area contributed by atoms with Gasteiger partial charge in [0.1, 0.15) is 11.6 Å². The molecule has 0 fully saturated rings. The van der Waals surface area contributed by atoms with Gasteiger partial charge < -0.3 is 10.1 Å². The van der Waals surface area contributed by atoms with Gasteiger partial charge in [-0.15, -0.1) is 0 Å². The molecule has 1 atom stereocenters. The maximum Gasteiger partial charge on any atom is 0.222 e. The largest absolute Gasteiger partial charge is 0.474 e. The number of nitrogens with one attached hydrogen (secondary N) is 1. The minimum absolute atomic E-state index is 0.173. The number of nitrogens with zero attached hydrogens (tertiary/aromatic N) is 2. The summed E-state index contributed by atoms with van der Waals surface area (Å²) in [4.78, 5) is 9.09. The molecule has 1 unspecified atom stereocenters. The quantitative estimate of drug-likeness (QED) is 0.782. The zero-order valence-corrected chi connectivity index (χ0v) is 13.8. The van der Waals surface area contributed by atoms with Crippen molar-refractivity contribution < 1.29 is 4.74 Å². The zero-order chi connectivity index (χ0) is 15.1. The molecular formula is C16H29N3O. The summed E-state index contributed by atoms with van der Waals surface area (Å²) in [5.41, 5.74) is 1.01. The van der Waals surface area contributed by atoms with Crippen LogP contribution in [-0.4, -0.2) is 22.6 Å². The number of hydrogen-bond acceptors (Lipinski definition) is 4. The Kier molecular flexibility index (Phi) is 6.76. The Hall–Kier alpha value is -1.32. The van der Waals surface area contributed by atoms with E-state index in [1.54, 1.807) is 0 Å². The molecule has 4 heteroatoms. The molecule has 0 spiro atoms. The Balaban J connectivity index is 2.93. The van der Waals surface area contributed by atoms with Crippen LogP contribution in [0.25, 0.3) is 0 Å². The van der Waals surface area contributed by atoms with Crippen molar-refractivity contribution in [2.45, 2.75) is 66.9 Å². The molecule has 0 aliphatic heterocycles. The van der Waals surface area contributed by atoms with E-state index in [2.05, 4.69) is 49.9 Å². The van der Waals surface area contributed by atoms with Crippen LogP contribution < -0.4 is 10.1 Å². The fraction of sp³-hybridized carbons (Fsp3) is 0.750. The number of anilines is 1. The van der Waals surface area contributed by atoms with Crippen LogP contribution in [0.1, 0.15) is 58.8 Å². The third-order valence-corrected chi connectivity index (χ3v) is 3.12. The lowest BCUT2D eigenvalue weighted by molar-refractivity contribution is 0.183. The van der Waals surface area contributed by atoms with E-state index in [9.17, 15) is 0 Å². The monoisotopic (exact) mass is 279 g/mol. The van der Waals surface area contributed by atoms with Gasteiger partial charge in [0.05, 0.1) is 11.7 Å². The van der Waals surface area contributed by atoms with Crippen molar-refractivity contribution in [1.82, 2.24) is 9.97 Å². The van der Waals surface area contributed by atoms with Crippen molar-refractivity contribution >= 4 is 5.82 Å². The summed E-state index contributed by atoms with van der Waals surface area (Å²) in [6.45, 7) is 13.7. The molecule has 1 aromatic rings. The first-order chi connectivity index (χ1) is 9.47. The Bertz CT molecular complexity index is 418. The second-order valence-electron chi connectivity index (χ2n) is 5.76. The van der Waals surface area contributed by atoms with Gasteiger partial charge in [0, 0.05) is 13.0 Å². The highest BCUT2D eigenvalue weighted by atomic mass is 16.5. The summed E-state index contributed by atoms with van der Waals surface area (Å²) in [6, 6.07) is 0. The predicted molar refractivity (Wildman–Crippen MR) is 84.5 cm³/mol. The number of aryl methyl sites for hydroxylation is 1. The lowest BCUT2D eigenvalue weighted by Gasteiger charge is -2.19. The van der Waals surface area contributed by atoms with Crippen LogP contribution >= 0.6 is 0 Å². The molecule has 0 amide bonds. The van der Waals surface area contributed by atoms with E-state index >= 15 is 0 Å². The molecule has 114 valence electrons. The van der Waals surface area contributed by atoms with Gasteiger partial charge in [-0.25, -0.2) is 4.98 Å². The molecule has 0 aromatic carbocycles. The SMILES string of the molecule is CCCNc1nc(CC)nc(OC(C)CC(C)C)c1C. The van der Waals surface area contributed by atoms with Crippen LogP contribution in [0.5, 0.6) is 5.88 Å². The number of aromatic nitrogens is 2. The smallest absolute Gasteiger partial charge is 0.222 e. The fourth-order valence-corrected chi connectivity index (χ4v) is 2.13. The van der Waals surface area contributed by atoms with Gasteiger partial charge in [-0.3, -0.25) is 0 Å². The minimum atomic E-state index is 0.173. The first-order valence-electron chi connectivity index (χ1n) is 7.75. The van der Waals surface area contributed by atoms with Crippen molar-refractivity contribution in [3.05, 3.63) is 11.4 Å². The van der Waals surface area contributed by atoms with Crippen molar-refractivity contribution in [1.29, 1.82) is 0 Å². The van der Waals surface area contributed by atoms with Crippen molar-refractivity contribution in [3.63, 3.8) is 0 Å². The second kappa shape index (κ2) is 8.08. The lowest BCUT2D eigenvalue weighted by Crippen LogP contribution is -2.17. The molecule has 0 saturated heterocycles. The normalized spacial score (nSPS) is 12.6. The molecule has 0 aliphatic rings. The Morgan fingerprint density at radius 1 is 1.15 bits per heavy atom. The van der Waals surface area contributed by atoms with Crippen molar-refractivity contribution in [2.75, 3.05) is 11.9 Å². The molecule has 20 heavy (non-hydrogen) atoms. The maximum atomic E-state index is 6.03. The fourth-order valence-electron chi connectivity index (χ4n) is 2.13. The van der Waals surface area contributed by atoms with E-state index in [-0.39, 0.29) is 6.10 Å². The Labute approximate surface area is 123 Å². The van der Waals surface area contributed by atoms with Crippen LogP contribution in [0, 0.1) is 12.8 Å². The molecule has 0 saturated carbocycles. The third kappa shape index (κ3) is 4.99. The van der Waals surface area contributed by atoms with Crippen LogP contribution in [0.4, 0.5) is 5.82 Å². The highest BCUT2D eigenvalue weighted by Gasteiger charge is 2.14. The van der Waals surface area contributed by atoms with E-state index in [1.807, 2.05) is 6.92 Å². The third-order valence-electron chi connectivity index (χ3n) is 3.12. The average Bonchev–Trinajstić information content (AvgIpc) is 2.38. The van der Waals surface area contributed by atoms with Crippen LogP contribution in [0.15, 0.2) is 0 Å². The molecule has 1 N–H and O–H groups in total. The minimum Gasteiger partial charge on any atom is -0.474 e. The molecule has 1 heterocycles. The van der Waals surface area contributed by atoms with E-state index in [0.717, 1.165) is 48.9 Å². The Morgan fingerprint density at radius 3 is 2.40 bits per heavy atom. The molecular weight excluding hydrogens is 250 g/mol. The average molecular weight is 279 g/mol. The van der Waals surface area contributed by atoms with Crippen LogP contribution in [-0.2, 0) is 6.42 Å². The van der Waals surface area contributed by atoms with Crippen LogP contribution in [0.2, 0.25) is 0 Å². The lowest BCUT2D eigenvalue weighted by atomic mass is 10.1. The number of ether oxygens (including phenoxy) is 1. The van der Waals surface area contributed by atoms with Gasteiger partial charge in [-0.2, -0.15) is 4.98 Å². The van der Waals surface area contributed by atoms with Gasteiger partial charge in [-0.1, -0.05) is 27.7 Å². The summed E-state index contributed by atoms with van der Waals surface area (Å²) in [6.07, 6.45) is 3.09. The highest BCUT2D eigenvalue weighted by molar-refractivity contribution is 5.48. The van der Waals surface area contributed by atoms with Gasteiger partial charge in [-0.05, 0) is 32.6 Å². The molecule has 0 aliphatic carbocycles. The second-order valence-corrected chi connectivity index (χ2v) is 5.76. The Morgan fingerprint density at radius 2 is 1.85 bits per heavy atom.